The van der Waals surface area contributed by atoms with Crippen molar-refractivity contribution in [3.05, 3.63) is 0 Å². The molecule has 0 amide bonds. The first-order chi connectivity index (χ1) is 3.56. The van der Waals surface area contributed by atoms with Gasteiger partial charge in [0.15, 0.2) is 0 Å². The quantitative estimate of drug-likeness (QED) is 0.457. The normalized spacial score (nSPS) is 12.0. The zero-order valence-electron chi connectivity index (χ0n) is 4.76. The summed E-state index contributed by atoms with van der Waals surface area (Å²) in [5.74, 6) is 0. The van der Waals surface area contributed by atoms with Gasteiger partial charge in [-0.15, -0.1) is 22.2 Å². The molecule has 0 unspecified atom stereocenters. The van der Waals surface area contributed by atoms with E-state index >= 15 is 0 Å². The van der Waals surface area contributed by atoms with Gasteiger partial charge in [-0.25, -0.2) is 0 Å². The molecule has 0 spiro atoms. The van der Waals surface area contributed by atoms with Gasteiger partial charge in [0.25, 0.3) is 0 Å². The molecular formula is C4H9Cl2FSi. The summed E-state index contributed by atoms with van der Waals surface area (Å²) in [5, 5.41) is 0. The lowest BCUT2D eigenvalue weighted by Crippen LogP contribution is -2.11. The number of halogens is 3. The van der Waals surface area contributed by atoms with Crippen molar-refractivity contribution in [1.82, 2.24) is 0 Å². The van der Waals surface area contributed by atoms with Crippen molar-refractivity contribution >= 4 is 28.9 Å². The monoisotopic (exact) mass is 174 g/mol. The van der Waals surface area contributed by atoms with Gasteiger partial charge in [0.1, 0.15) is 0 Å². The molecule has 0 atom stereocenters. The van der Waals surface area contributed by atoms with Gasteiger partial charge in [0.05, 0.1) is 6.67 Å². The molecule has 50 valence electrons. The van der Waals surface area contributed by atoms with Crippen LogP contribution in [-0.4, -0.2) is 13.4 Å². The summed E-state index contributed by atoms with van der Waals surface area (Å²) in [5.41, 5.74) is 0. The Kier molecular flexibility index (Phi) is 4.03. The first-order valence-electron chi connectivity index (χ1n) is 2.50. The van der Waals surface area contributed by atoms with Gasteiger partial charge >= 0.3 is 0 Å². The summed E-state index contributed by atoms with van der Waals surface area (Å²) < 4.78 is 11.4. The minimum absolute atomic E-state index is 0.304. The molecule has 0 aromatic heterocycles. The summed E-state index contributed by atoms with van der Waals surface area (Å²) in [7, 11) is 0. The van der Waals surface area contributed by atoms with Crippen molar-refractivity contribution < 1.29 is 4.39 Å². The van der Waals surface area contributed by atoms with E-state index in [4.69, 9.17) is 22.2 Å². The Morgan fingerprint density at radius 3 is 2.12 bits per heavy atom. The van der Waals surface area contributed by atoms with Crippen LogP contribution in [0.15, 0.2) is 0 Å². The third-order valence-corrected chi connectivity index (χ3v) is 3.11. The molecule has 0 fully saturated rings. The fourth-order valence-electron chi connectivity index (χ4n) is 0.377. The van der Waals surface area contributed by atoms with Crippen LogP contribution < -0.4 is 0 Å². The molecule has 0 aliphatic rings. The molecule has 0 saturated heterocycles. The molecule has 0 aromatic carbocycles. The van der Waals surface area contributed by atoms with Gasteiger partial charge in [-0.05, 0) is 19.0 Å². The highest BCUT2D eigenvalue weighted by Gasteiger charge is 2.19. The van der Waals surface area contributed by atoms with Crippen LogP contribution in [0.3, 0.4) is 0 Å². The minimum atomic E-state index is -1.97. The highest BCUT2D eigenvalue weighted by atomic mass is 35.7. The van der Waals surface area contributed by atoms with E-state index in [1.807, 2.05) is 0 Å². The first kappa shape index (κ1) is 8.73. The molecule has 0 nitrogen and oxygen atoms in total. The lowest BCUT2D eigenvalue weighted by Gasteiger charge is -2.05. The van der Waals surface area contributed by atoms with Crippen LogP contribution in [0.5, 0.6) is 0 Å². The SMILES string of the molecule is C[Si](Cl)(Cl)CCCF. The van der Waals surface area contributed by atoms with Crippen molar-refractivity contribution in [2.45, 2.75) is 19.0 Å². The Hall–Kier alpha value is 0.727. The predicted molar refractivity (Wildman–Crippen MR) is 38.7 cm³/mol. The lowest BCUT2D eigenvalue weighted by molar-refractivity contribution is 0.486. The highest BCUT2D eigenvalue weighted by Crippen LogP contribution is 2.20. The zero-order valence-corrected chi connectivity index (χ0v) is 7.27. The van der Waals surface area contributed by atoms with Gasteiger partial charge in [0.2, 0.25) is 6.69 Å². The number of alkyl halides is 1. The molecule has 0 bridgehead atoms. The summed E-state index contributed by atoms with van der Waals surface area (Å²) in [6, 6.07) is 0.659. The topological polar surface area (TPSA) is 0 Å². The highest BCUT2D eigenvalue weighted by molar-refractivity contribution is 7.44. The number of rotatable bonds is 3. The predicted octanol–water partition coefficient (Wildman–Crippen LogP) is 2.90. The Labute approximate surface area is 59.4 Å². The molecule has 0 aliphatic heterocycles. The first-order valence-corrected chi connectivity index (χ1v) is 7.23. The standard InChI is InChI=1S/C4H9Cl2FSi/c1-8(5,6)4-2-3-7/h2-4H2,1H3. The maximum absolute atomic E-state index is 11.4. The van der Waals surface area contributed by atoms with Gasteiger partial charge in [-0.3, -0.25) is 4.39 Å². The van der Waals surface area contributed by atoms with Crippen LogP contribution in [-0.2, 0) is 0 Å². The van der Waals surface area contributed by atoms with E-state index in [2.05, 4.69) is 0 Å². The van der Waals surface area contributed by atoms with Crippen molar-refractivity contribution in [2.24, 2.45) is 0 Å². The molecular weight excluding hydrogens is 166 g/mol. The van der Waals surface area contributed by atoms with E-state index in [1.165, 1.54) is 0 Å². The fraction of sp³-hybridized carbons (Fsp3) is 1.00. The van der Waals surface area contributed by atoms with E-state index in [0.29, 0.717) is 12.5 Å². The Bertz CT molecular complexity index is 61.5. The summed E-state index contributed by atoms with van der Waals surface area (Å²) in [6.45, 7) is -0.480. The van der Waals surface area contributed by atoms with Crippen molar-refractivity contribution in [3.63, 3.8) is 0 Å². The summed E-state index contributed by atoms with van der Waals surface area (Å²) >= 11 is 11.3. The second-order valence-electron chi connectivity index (χ2n) is 1.86. The summed E-state index contributed by atoms with van der Waals surface area (Å²) in [4.78, 5) is 0. The van der Waals surface area contributed by atoms with Crippen LogP contribution in [0.1, 0.15) is 6.42 Å². The average molecular weight is 175 g/mol. The van der Waals surface area contributed by atoms with E-state index in [1.54, 1.807) is 6.55 Å². The molecule has 0 aliphatic carbocycles. The molecule has 8 heavy (non-hydrogen) atoms. The van der Waals surface area contributed by atoms with Crippen molar-refractivity contribution in [1.29, 1.82) is 0 Å². The smallest absolute Gasteiger partial charge is 0.248 e. The van der Waals surface area contributed by atoms with Crippen LogP contribution in [0, 0.1) is 0 Å². The number of hydrogen-bond acceptors (Lipinski definition) is 0. The summed E-state index contributed by atoms with van der Waals surface area (Å²) in [6.07, 6.45) is 0.510. The van der Waals surface area contributed by atoms with E-state index < -0.39 is 6.69 Å². The van der Waals surface area contributed by atoms with Crippen molar-refractivity contribution in [3.8, 4) is 0 Å². The molecule has 4 heteroatoms. The molecule has 0 aromatic rings. The Balaban J connectivity index is 3.11. The third kappa shape index (κ3) is 6.73. The number of hydrogen-bond donors (Lipinski definition) is 0. The second-order valence-corrected chi connectivity index (χ2v) is 10.1. The Morgan fingerprint density at radius 1 is 1.50 bits per heavy atom. The van der Waals surface area contributed by atoms with Crippen LogP contribution in [0.4, 0.5) is 4.39 Å². The maximum Gasteiger partial charge on any atom is 0.248 e. The van der Waals surface area contributed by atoms with Crippen LogP contribution >= 0.6 is 22.2 Å². The largest absolute Gasteiger partial charge is 0.251 e. The lowest BCUT2D eigenvalue weighted by atomic mass is 10.6. The van der Waals surface area contributed by atoms with Gasteiger partial charge in [-0.2, -0.15) is 0 Å². The zero-order chi connectivity index (χ0) is 6.62. The molecule has 0 heterocycles. The van der Waals surface area contributed by atoms with Gasteiger partial charge in [0, 0.05) is 0 Å². The van der Waals surface area contributed by atoms with E-state index in [0.717, 1.165) is 0 Å². The van der Waals surface area contributed by atoms with E-state index in [-0.39, 0.29) is 6.67 Å². The minimum Gasteiger partial charge on any atom is -0.251 e. The third-order valence-electron chi connectivity index (χ3n) is 0.749. The van der Waals surface area contributed by atoms with Gasteiger partial charge in [-0.1, -0.05) is 0 Å². The van der Waals surface area contributed by atoms with Crippen LogP contribution in [0.2, 0.25) is 12.6 Å². The molecule has 0 saturated carbocycles. The van der Waals surface area contributed by atoms with Crippen molar-refractivity contribution in [2.75, 3.05) is 6.67 Å². The van der Waals surface area contributed by atoms with Crippen LogP contribution in [0.25, 0.3) is 0 Å². The molecule has 0 rings (SSSR count). The molecule has 0 radical (unpaired) electrons. The van der Waals surface area contributed by atoms with E-state index in [9.17, 15) is 4.39 Å². The molecule has 0 N–H and O–H groups in total. The van der Waals surface area contributed by atoms with Gasteiger partial charge < -0.3 is 0 Å². The Morgan fingerprint density at radius 2 is 2.00 bits per heavy atom. The second kappa shape index (κ2) is 3.70. The average Bonchev–Trinajstić information content (AvgIpc) is 1.59. The fourth-order valence-corrected chi connectivity index (χ4v) is 1.93. The maximum atomic E-state index is 11.4.